The maximum Gasteiger partial charge on any atom is 0.256 e. The number of carbonyl (C=O) groups is 1. The zero-order valence-electron chi connectivity index (χ0n) is 10.9. The molecule has 1 amide bonds. The highest BCUT2D eigenvalue weighted by molar-refractivity contribution is 6.08. The fourth-order valence-corrected chi connectivity index (χ4v) is 2.22. The molecular formula is C14H18N2O2. The second-order valence-electron chi connectivity index (χ2n) is 4.71. The van der Waals surface area contributed by atoms with E-state index in [2.05, 4.69) is 4.98 Å². The van der Waals surface area contributed by atoms with Gasteiger partial charge in [0, 0.05) is 30.2 Å². The van der Waals surface area contributed by atoms with Gasteiger partial charge in [-0.25, -0.2) is 0 Å². The molecule has 1 unspecified atom stereocenters. The van der Waals surface area contributed by atoms with Gasteiger partial charge in [-0.05, 0) is 19.9 Å². The predicted octanol–water partition coefficient (Wildman–Crippen LogP) is 1.93. The third-order valence-electron chi connectivity index (χ3n) is 2.99. The molecule has 0 bridgehead atoms. The zero-order chi connectivity index (χ0) is 13.3. The van der Waals surface area contributed by atoms with Crippen molar-refractivity contribution in [3.8, 4) is 0 Å². The van der Waals surface area contributed by atoms with Crippen molar-refractivity contribution in [3.05, 3.63) is 35.5 Å². The first kappa shape index (κ1) is 12.6. The lowest BCUT2D eigenvalue weighted by Crippen LogP contribution is -2.33. The Balaban J connectivity index is 2.41. The summed E-state index contributed by atoms with van der Waals surface area (Å²) >= 11 is 0. The van der Waals surface area contributed by atoms with E-state index in [-0.39, 0.29) is 5.91 Å². The lowest BCUT2D eigenvalue weighted by atomic mass is 10.1. The van der Waals surface area contributed by atoms with Crippen LogP contribution in [0.2, 0.25) is 0 Å². The third-order valence-corrected chi connectivity index (χ3v) is 2.99. The van der Waals surface area contributed by atoms with E-state index in [9.17, 15) is 9.90 Å². The van der Waals surface area contributed by atoms with Gasteiger partial charge in [0.25, 0.3) is 5.91 Å². The highest BCUT2D eigenvalue weighted by Gasteiger charge is 2.19. The molecule has 0 spiro atoms. The number of likely N-dealkylation sites (N-methyl/N-ethyl adjacent to an activating group) is 1. The molecule has 4 heteroatoms. The number of aryl methyl sites for hydroxylation is 1. The number of amides is 1. The molecule has 2 N–H and O–H groups in total. The van der Waals surface area contributed by atoms with Gasteiger partial charge < -0.3 is 15.0 Å². The molecule has 0 saturated carbocycles. The Morgan fingerprint density at radius 1 is 1.44 bits per heavy atom. The number of aliphatic hydroxyl groups excluding tert-OH is 1. The topological polar surface area (TPSA) is 56.3 Å². The van der Waals surface area contributed by atoms with Gasteiger partial charge in [0.1, 0.15) is 0 Å². The van der Waals surface area contributed by atoms with Crippen LogP contribution >= 0.6 is 0 Å². The summed E-state index contributed by atoms with van der Waals surface area (Å²) in [5, 5.41) is 10.3. The van der Waals surface area contributed by atoms with Crippen LogP contribution in [-0.2, 0) is 0 Å². The van der Waals surface area contributed by atoms with Gasteiger partial charge in [-0.1, -0.05) is 18.2 Å². The molecule has 4 nitrogen and oxygen atoms in total. The van der Waals surface area contributed by atoms with Crippen LogP contribution in [-0.4, -0.2) is 40.6 Å². The fraction of sp³-hybridized carbons (Fsp3) is 0.357. The first-order valence-electron chi connectivity index (χ1n) is 6.01. The van der Waals surface area contributed by atoms with Gasteiger partial charge in [0.2, 0.25) is 0 Å². The van der Waals surface area contributed by atoms with Crippen molar-refractivity contribution < 1.29 is 9.90 Å². The summed E-state index contributed by atoms with van der Waals surface area (Å²) in [4.78, 5) is 17.1. The Morgan fingerprint density at radius 2 is 2.11 bits per heavy atom. The van der Waals surface area contributed by atoms with Crippen molar-refractivity contribution in [3.63, 3.8) is 0 Å². The molecule has 0 saturated heterocycles. The SMILES string of the molecule is Cc1[nH]c2ccccc2c1C(=O)N(C)CC(C)O. The zero-order valence-corrected chi connectivity index (χ0v) is 10.9. The lowest BCUT2D eigenvalue weighted by molar-refractivity contribution is 0.0705. The number of rotatable bonds is 3. The average molecular weight is 246 g/mol. The van der Waals surface area contributed by atoms with Crippen LogP contribution < -0.4 is 0 Å². The molecule has 2 aromatic rings. The lowest BCUT2D eigenvalue weighted by Gasteiger charge is -2.18. The minimum absolute atomic E-state index is 0.0640. The van der Waals surface area contributed by atoms with Gasteiger partial charge in [-0.2, -0.15) is 0 Å². The summed E-state index contributed by atoms with van der Waals surface area (Å²) in [6.07, 6.45) is -0.524. The van der Waals surface area contributed by atoms with Crippen LogP contribution in [0, 0.1) is 6.92 Å². The molecule has 1 aromatic heterocycles. The Bertz CT molecular complexity index is 572. The number of hydrogen-bond donors (Lipinski definition) is 2. The van der Waals surface area contributed by atoms with E-state index >= 15 is 0 Å². The number of aliphatic hydroxyl groups is 1. The number of H-pyrrole nitrogens is 1. The van der Waals surface area contributed by atoms with E-state index in [1.54, 1.807) is 18.9 Å². The Labute approximate surface area is 106 Å². The molecular weight excluding hydrogens is 228 g/mol. The normalized spacial score (nSPS) is 12.7. The highest BCUT2D eigenvalue weighted by atomic mass is 16.3. The summed E-state index contributed by atoms with van der Waals surface area (Å²) in [5.74, 6) is -0.0640. The third kappa shape index (κ3) is 2.24. The van der Waals surface area contributed by atoms with Crippen molar-refractivity contribution >= 4 is 16.8 Å². The maximum absolute atomic E-state index is 12.4. The summed E-state index contributed by atoms with van der Waals surface area (Å²) in [7, 11) is 1.70. The Kier molecular flexibility index (Phi) is 3.39. The first-order chi connectivity index (χ1) is 8.50. The molecule has 96 valence electrons. The van der Waals surface area contributed by atoms with E-state index in [0.29, 0.717) is 12.1 Å². The molecule has 0 aliphatic rings. The smallest absolute Gasteiger partial charge is 0.256 e. The van der Waals surface area contributed by atoms with Gasteiger partial charge in [-0.3, -0.25) is 4.79 Å². The van der Waals surface area contributed by atoms with Crippen LogP contribution in [0.4, 0.5) is 0 Å². The van der Waals surface area contributed by atoms with Crippen molar-refractivity contribution in [1.82, 2.24) is 9.88 Å². The largest absolute Gasteiger partial charge is 0.392 e. The Morgan fingerprint density at radius 3 is 2.78 bits per heavy atom. The Hall–Kier alpha value is -1.81. The second kappa shape index (κ2) is 4.82. The standard InChI is InChI=1S/C14H18N2O2/c1-9(17)8-16(3)14(18)13-10(2)15-12-7-5-4-6-11(12)13/h4-7,9,15,17H,8H2,1-3H3. The van der Waals surface area contributed by atoms with E-state index in [4.69, 9.17) is 0 Å². The van der Waals surface area contributed by atoms with Crippen LogP contribution in [0.1, 0.15) is 23.0 Å². The quantitative estimate of drug-likeness (QED) is 0.869. The van der Waals surface area contributed by atoms with Crippen LogP contribution in [0.15, 0.2) is 24.3 Å². The fourth-order valence-electron chi connectivity index (χ4n) is 2.22. The van der Waals surface area contributed by atoms with Crippen molar-refractivity contribution in [2.24, 2.45) is 0 Å². The van der Waals surface area contributed by atoms with Crippen molar-refractivity contribution in [2.75, 3.05) is 13.6 Å². The second-order valence-corrected chi connectivity index (χ2v) is 4.71. The van der Waals surface area contributed by atoms with Crippen LogP contribution in [0.3, 0.4) is 0 Å². The molecule has 1 atom stereocenters. The summed E-state index contributed by atoms with van der Waals surface area (Å²) < 4.78 is 0. The minimum Gasteiger partial charge on any atom is -0.392 e. The number of aromatic nitrogens is 1. The number of para-hydroxylation sites is 1. The summed E-state index contributed by atoms with van der Waals surface area (Å²) in [6, 6.07) is 7.74. The van der Waals surface area contributed by atoms with Crippen LogP contribution in [0.25, 0.3) is 10.9 Å². The van der Waals surface area contributed by atoms with E-state index in [0.717, 1.165) is 16.6 Å². The van der Waals surface area contributed by atoms with Gasteiger partial charge in [0.05, 0.1) is 11.7 Å². The molecule has 18 heavy (non-hydrogen) atoms. The number of fused-ring (bicyclic) bond motifs is 1. The van der Waals surface area contributed by atoms with Crippen molar-refractivity contribution in [1.29, 1.82) is 0 Å². The number of carbonyl (C=O) groups excluding carboxylic acids is 1. The number of benzene rings is 1. The van der Waals surface area contributed by atoms with Crippen molar-refractivity contribution in [2.45, 2.75) is 20.0 Å². The highest BCUT2D eigenvalue weighted by Crippen LogP contribution is 2.22. The van der Waals surface area contributed by atoms with E-state index in [1.165, 1.54) is 0 Å². The molecule has 1 aromatic carbocycles. The number of aromatic amines is 1. The van der Waals surface area contributed by atoms with Gasteiger partial charge >= 0.3 is 0 Å². The minimum atomic E-state index is -0.524. The number of nitrogens with one attached hydrogen (secondary N) is 1. The van der Waals surface area contributed by atoms with Gasteiger partial charge in [-0.15, -0.1) is 0 Å². The molecule has 1 heterocycles. The maximum atomic E-state index is 12.4. The summed E-state index contributed by atoms with van der Waals surface area (Å²) in [5.41, 5.74) is 2.51. The van der Waals surface area contributed by atoms with E-state index < -0.39 is 6.10 Å². The monoisotopic (exact) mass is 246 g/mol. The number of nitrogens with zero attached hydrogens (tertiary/aromatic N) is 1. The predicted molar refractivity (Wildman–Crippen MR) is 71.7 cm³/mol. The molecule has 2 rings (SSSR count). The molecule has 0 aliphatic carbocycles. The van der Waals surface area contributed by atoms with E-state index in [1.807, 2.05) is 31.2 Å². The molecule has 0 radical (unpaired) electrons. The number of hydrogen-bond acceptors (Lipinski definition) is 2. The van der Waals surface area contributed by atoms with Crippen LogP contribution in [0.5, 0.6) is 0 Å². The summed E-state index contributed by atoms with van der Waals surface area (Å²) in [6.45, 7) is 3.90. The molecule has 0 fully saturated rings. The average Bonchev–Trinajstić information content (AvgIpc) is 2.63. The molecule has 0 aliphatic heterocycles. The first-order valence-corrected chi connectivity index (χ1v) is 6.01. The van der Waals surface area contributed by atoms with Gasteiger partial charge in [0.15, 0.2) is 0 Å².